The molecule has 0 fully saturated rings. The monoisotopic (exact) mass is 451 g/mol. The molecule has 1 aliphatic rings. The molecule has 1 atom stereocenters. The van der Waals surface area contributed by atoms with Gasteiger partial charge in [0.1, 0.15) is 11.1 Å². The number of nitriles is 1. The van der Waals surface area contributed by atoms with Crippen molar-refractivity contribution in [2.75, 3.05) is 5.32 Å². The lowest BCUT2D eigenvalue weighted by Gasteiger charge is -2.17. The maximum atomic E-state index is 13.5. The van der Waals surface area contributed by atoms with Crippen LogP contribution in [0.5, 0.6) is 0 Å². The Morgan fingerprint density at radius 3 is 2.76 bits per heavy atom. The Hall–Kier alpha value is -3.49. The predicted octanol–water partition coefficient (Wildman–Crippen LogP) is 6.83. The molecular weight excluding hydrogens is 426 g/mol. The molecule has 5 rings (SSSR count). The summed E-state index contributed by atoms with van der Waals surface area (Å²) in [5.74, 6) is 0.401. The lowest BCUT2D eigenvalue weighted by Crippen LogP contribution is -2.13. The highest BCUT2D eigenvalue weighted by Crippen LogP contribution is 2.39. The minimum Gasteiger partial charge on any atom is -0.312 e. The van der Waals surface area contributed by atoms with Gasteiger partial charge in [-0.05, 0) is 73.9 Å². The highest BCUT2D eigenvalue weighted by molar-refractivity contribution is 7.16. The number of pyridine rings is 1. The van der Waals surface area contributed by atoms with Gasteiger partial charge in [0.25, 0.3) is 5.91 Å². The van der Waals surface area contributed by atoms with Gasteiger partial charge in [0.2, 0.25) is 0 Å². The number of aromatic nitrogens is 1. The van der Waals surface area contributed by atoms with E-state index in [4.69, 9.17) is 4.98 Å². The zero-order valence-electron chi connectivity index (χ0n) is 19.0. The molecule has 1 aliphatic carbocycles. The van der Waals surface area contributed by atoms with Crippen molar-refractivity contribution in [2.45, 2.75) is 40.0 Å². The number of nitrogens with one attached hydrogen (secondary N) is 1. The summed E-state index contributed by atoms with van der Waals surface area (Å²) >= 11 is 1.55. The summed E-state index contributed by atoms with van der Waals surface area (Å²) in [6.07, 6.45) is 2.96. The van der Waals surface area contributed by atoms with Crippen LogP contribution in [-0.4, -0.2) is 10.9 Å². The third-order valence-corrected chi connectivity index (χ3v) is 7.78. The third-order valence-electron chi connectivity index (χ3n) is 6.61. The number of amides is 1. The standard InChI is InChI=1S/C28H25N3OS/c1-16-8-11-21-23(15-29)28(33-26(21)12-16)31-27(32)22-14-25(19-10-9-17(2)18(3)13-19)30-24-7-5-4-6-20(22)24/h4-7,9-10,13-14,16H,8,11-12H2,1-3H3,(H,31,32). The Labute approximate surface area is 197 Å². The van der Waals surface area contributed by atoms with Crippen molar-refractivity contribution in [1.29, 1.82) is 5.26 Å². The van der Waals surface area contributed by atoms with Crippen LogP contribution in [0.1, 0.15) is 50.8 Å². The topological polar surface area (TPSA) is 65.8 Å². The van der Waals surface area contributed by atoms with Crippen molar-refractivity contribution in [1.82, 2.24) is 4.98 Å². The van der Waals surface area contributed by atoms with Gasteiger partial charge in [-0.1, -0.05) is 37.3 Å². The van der Waals surface area contributed by atoms with Gasteiger partial charge in [-0.15, -0.1) is 11.3 Å². The lowest BCUT2D eigenvalue weighted by molar-refractivity contribution is 0.102. The second kappa shape index (κ2) is 8.46. The minimum atomic E-state index is -0.207. The second-order valence-corrected chi connectivity index (χ2v) is 10.1. The maximum Gasteiger partial charge on any atom is 0.257 e. The van der Waals surface area contributed by atoms with E-state index in [1.807, 2.05) is 36.4 Å². The van der Waals surface area contributed by atoms with Crippen LogP contribution in [0.2, 0.25) is 0 Å². The molecule has 33 heavy (non-hydrogen) atoms. The van der Waals surface area contributed by atoms with Crippen LogP contribution in [0.4, 0.5) is 5.00 Å². The highest BCUT2D eigenvalue weighted by Gasteiger charge is 2.25. The fraction of sp³-hybridized carbons (Fsp3) is 0.250. The van der Waals surface area contributed by atoms with Gasteiger partial charge < -0.3 is 5.32 Å². The minimum absolute atomic E-state index is 0.207. The molecule has 1 N–H and O–H groups in total. The Morgan fingerprint density at radius 2 is 1.97 bits per heavy atom. The molecule has 2 aromatic heterocycles. The van der Waals surface area contributed by atoms with Crippen LogP contribution in [-0.2, 0) is 12.8 Å². The van der Waals surface area contributed by atoms with Gasteiger partial charge in [-0.2, -0.15) is 5.26 Å². The fourth-order valence-corrected chi connectivity index (χ4v) is 5.90. The number of hydrogen-bond donors (Lipinski definition) is 1. The van der Waals surface area contributed by atoms with Crippen LogP contribution in [0.3, 0.4) is 0 Å². The Balaban J connectivity index is 1.58. The van der Waals surface area contributed by atoms with Gasteiger partial charge >= 0.3 is 0 Å². The molecule has 2 heterocycles. The molecule has 5 heteroatoms. The predicted molar refractivity (Wildman–Crippen MR) is 135 cm³/mol. The number of benzene rings is 2. The molecule has 2 aromatic carbocycles. The summed E-state index contributed by atoms with van der Waals surface area (Å²) in [5.41, 5.74) is 7.24. The smallest absolute Gasteiger partial charge is 0.257 e. The number of aryl methyl sites for hydroxylation is 2. The fourth-order valence-electron chi connectivity index (χ4n) is 4.54. The molecule has 4 aromatic rings. The molecule has 164 valence electrons. The molecule has 0 radical (unpaired) electrons. The van der Waals surface area contributed by atoms with Crippen LogP contribution in [0, 0.1) is 31.1 Å². The van der Waals surface area contributed by atoms with Crippen molar-refractivity contribution in [3.05, 3.63) is 81.2 Å². The molecular formula is C28H25N3OS. The average Bonchev–Trinajstić information content (AvgIpc) is 3.15. The summed E-state index contributed by atoms with van der Waals surface area (Å²) in [6, 6.07) is 18.2. The van der Waals surface area contributed by atoms with Crippen LogP contribution in [0.25, 0.3) is 22.2 Å². The van der Waals surface area contributed by atoms with E-state index >= 15 is 0 Å². The number of anilines is 1. The van der Waals surface area contributed by atoms with Gasteiger partial charge in [-0.3, -0.25) is 4.79 Å². The molecule has 0 bridgehead atoms. The molecule has 0 saturated carbocycles. The summed E-state index contributed by atoms with van der Waals surface area (Å²) in [7, 11) is 0. The first kappa shape index (κ1) is 21.4. The number of para-hydroxylation sites is 1. The number of nitrogens with zero attached hydrogens (tertiary/aromatic N) is 2. The Bertz CT molecular complexity index is 1440. The quantitative estimate of drug-likeness (QED) is 0.371. The number of fused-ring (bicyclic) bond motifs is 2. The number of carbonyl (C=O) groups excluding carboxylic acids is 1. The normalized spacial score (nSPS) is 15.2. The first-order valence-corrected chi connectivity index (χ1v) is 12.1. The molecule has 0 saturated heterocycles. The molecule has 4 nitrogen and oxygen atoms in total. The van der Waals surface area contributed by atoms with E-state index in [1.165, 1.54) is 16.0 Å². The molecule has 0 spiro atoms. The van der Waals surface area contributed by atoms with E-state index in [9.17, 15) is 10.1 Å². The van der Waals surface area contributed by atoms with Crippen LogP contribution in [0.15, 0.2) is 48.5 Å². The second-order valence-electron chi connectivity index (χ2n) is 8.99. The summed E-state index contributed by atoms with van der Waals surface area (Å²) in [5, 5.41) is 14.4. The van der Waals surface area contributed by atoms with Crippen LogP contribution >= 0.6 is 11.3 Å². The van der Waals surface area contributed by atoms with E-state index < -0.39 is 0 Å². The van der Waals surface area contributed by atoms with Crippen molar-refractivity contribution >= 4 is 33.1 Å². The van der Waals surface area contributed by atoms with Gasteiger partial charge in [-0.25, -0.2) is 4.98 Å². The number of thiophene rings is 1. The zero-order chi connectivity index (χ0) is 23.1. The summed E-state index contributed by atoms with van der Waals surface area (Å²) in [6.45, 7) is 6.40. The van der Waals surface area contributed by atoms with E-state index in [0.29, 0.717) is 22.0 Å². The van der Waals surface area contributed by atoms with Crippen molar-refractivity contribution < 1.29 is 4.79 Å². The van der Waals surface area contributed by atoms with E-state index in [0.717, 1.165) is 47.0 Å². The highest BCUT2D eigenvalue weighted by atomic mass is 32.1. The zero-order valence-corrected chi connectivity index (χ0v) is 19.8. The van der Waals surface area contributed by atoms with Crippen molar-refractivity contribution in [2.24, 2.45) is 5.92 Å². The van der Waals surface area contributed by atoms with Crippen molar-refractivity contribution in [3.8, 4) is 17.3 Å². The maximum absolute atomic E-state index is 13.5. The number of rotatable bonds is 3. The number of carbonyl (C=O) groups is 1. The Kier molecular flexibility index (Phi) is 5.47. The lowest BCUT2D eigenvalue weighted by atomic mass is 9.88. The van der Waals surface area contributed by atoms with Crippen LogP contribution < -0.4 is 5.32 Å². The summed E-state index contributed by atoms with van der Waals surface area (Å²) in [4.78, 5) is 19.6. The van der Waals surface area contributed by atoms with Gasteiger partial charge in [0, 0.05) is 15.8 Å². The van der Waals surface area contributed by atoms with Crippen molar-refractivity contribution in [3.63, 3.8) is 0 Å². The largest absolute Gasteiger partial charge is 0.312 e. The third kappa shape index (κ3) is 3.92. The van der Waals surface area contributed by atoms with Gasteiger partial charge in [0.15, 0.2) is 0 Å². The summed E-state index contributed by atoms with van der Waals surface area (Å²) < 4.78 is 0. The molecule has 1 unspecified atom stereocenters. The molecule has 0 aliphatic heterocycles. The van der Waals surface area contributed by atoms with Gasteiger partial charge in [0.05, 0.1) is 22.3 Å². The first-order valence-electron chi connectivity index (χ1n) is 11.3. The SMILES string of the molecule is Cc1ccc(-c2cc(C(=O)Nc3sc4c(c3C#N)CCC(C)C4)c3ccccc3n2)cc1C. The average molecular weight is 452 g/mol. The number of hydrogen-bond acceptors (Lipinski definition) is 4. The van der Waals surface area contributed by atoms with E-state index in [1.54, 1.807) is 11.3 Å². The Morgan fingerprint density at radius 1 is 1.15 bits per heavy atom. The van der Waals surface area contributed by atoms with E-state index in [2.05, 4.69) is 44.3 Å². The molecule has 1 amide bonds. The van der Waals surface area contributed by atoms with E-state index in [-0.39, 0.29) is 5.91 Å². The first-order chi connectivity index (χ1) is 15.9.